The summed E-state index contributed by atoms with van der Waals surface area (Å²) in [6.45, 7) is 6.04. The molecular formula is C16H29Cl2N5O. The molecule has 0 radical (unpaired) electrons. The topological polar surface area (TPSA) is 84.1 Å². The molecular weight excluding hydrogens is 349 g/mol. The molecule has 1 unspecified atom stereocenters. The summed E-state index contributed by atoms with van der Waals surface area (Å²) in [5.74, 6) is 0.960. The fourth-order valence-electron chi connectivity index (χ4n) is 3.15. The Morgan fingerprint density at radius 2 is 2.12 bits per heavy atom. The van der Waals surface area contributed by atoms with Gasteiger partial charge >= 0.3 is 0 Å². The Bertz CT molecular complexity index is 476. The molecule has 24 heavy (non-hydrogen) atoms. The second-order valence-corrected chi connectivity index (χ2v) is 5.97. The quantitative estimate of drug-likeness (QED) is 0.760. The van der Waals surface area contributed by atoms with Gasteiger partial charge in [0.2, 0.25) is 5.91 Å². The lowest BCUT2D eigenvalue weighted by atomic mass is 9.81. The highest BCUT2D eigenvalue weighted by Gasteiger charge is 2.34. The van der Waals surface area contributed by atoms with Crippen molar-refractivity contribution in [3.8, 4) is 0 Å². The second-order valence-electron chi connectivity index (χ2n) is 5.97. The molecule has 0 aromatic carbocycles. The number of hydrogen-bond acceptors (Lipinski definition) is 5. The van der Waals surface area contributed by atoms with E-state index in [0.717, 1.165) is 38.0 Å². The molecule has 0 aliphatic carbocycles. The van der Waals surface area contributed by atoms with Crippen molar-refractivity contribution in [3.63, 3.8) is 0 Å². The van der Waals surface area contributed by atoms with Crippen molar-refractivity contribution in [3.05, 3.63) is 18.3 Å². The van der Waals surface area contributed by atoms with E-state index >= 15 is 0 Å². The molecule has 2 heterocycles. The number of rotatable bonds is 7. The Hall–Kier alpha value is -1.11. The molecule has 3 N–H and O–H groups in total. The molecule has 1 aromatic heterocycles. The number of hydrogen-bond donors (Lipinski definition) is 2. The number of carbonyl (C=O) groups excluding carboxylic acids is 1. The zero-order chi connectivity index (χ0) is 16.0. The van der Waals surface area contributed by atoms with Crippen LogP contribution in [0.25, 0.3) is 0 Å². The number of nitrogens with one attached hydrogen (secondary N) is 1. The summed E-state index contributed by atoms with van der Waals surface area (Å²) >= 11 is 0. The summed E-state index contributed by atoms with van der Waals surface area (Å²) in [6.07, 6.45) is 5.38. The van der Waals surface area contributed by atoms with Gasteiger partial charge in [-0.1, -0.05) is 13.8 Å². The largest absolute Gasteiger partial charge is 0.354 e. The number of nitrogens with zero attached hydrogens (tertiary/aromatic N) is 3. The van der Waals surface area contributed by atoms with Crippen molar-refractivity contribution >= 4 is 36.5 Å². The molecule has 138 valence electrons. The molecule has 6 nitrogen and oxygen atoms in total. The van der Waals surface area contributed by atoms with E-state index in [-0.39, 0.29) is 36.8 Å². The molecule has 0 spiro atoms. The monoisotopic (exact) mass is 377 g/mol. The van der Waals surface area contributed by atoms with Gasteiger partial charge in [0.05, 0.1) is 5.41 Å². The average Bonchev–Trinajstić information content (AvgIpc) is 3.04. The van der Waals surface area contributed by atoms with Crippen LogP contribution in [0.5, 0.6) is 0 Å². The van der Waals surface area contributed by atoms with E-state index in [4.69, 9.17) is 5.73 Å². The van der Waals surface area contributed by atoms with E-state index in [2.05, 4.69) is 20.4 Å². The molecule has 1 fully saturated rings. The van der Waals surface area contributed by atoms with Crippen LogP contribution in [0.3, 0.4) is 0 Å². The van der Waals surface area contributed by atoms with Crippen LogP contribution in [0.1, 0.15) is 39.5 Å². The number of carbonyl (C=O) groups is 1. The van der Waals surface area contributed by atoms with Gasteiger partial charge in [0.25, 0.3) is 0 Å². The van der Waals surface area contributed by atoms with Gasteiger partial charge in [-0.15, -0.1) is 29.9 Å². The first-order valence-corrected chi connectivity index (χ1v) is 8.19. The normalized spacial score (nSPS) is 17.0. The van der Waals surface area contributed by atoms with Gasteiger partial charge in [-0.2, -0.15) is 5.10 Å². The van der Waals surface area contributed by atoms with Gasteiger partial charge in [-0.3, -0.25) is 4.79 Å². The standard InChI is InChI=1S/C16H27N5O.2ClH/c1-3-16(4-2,12-17)15(22)18-11-13-7-6-10-21(13)14-8-5-9-19-20-14;;/h5,8-9,13H,3-4,6-7,10-12,17H2,1-2H3,(H,18,22);2*1H. The molecule has 1 amide bonds. The fourth-order valence-corrected chi connectivity index (χ4v) is 3.15. The summed E-state index contributed by atoms with van der Waals surface area (Å²) in [6, 6.07) is 4.14. The van der Waals surface area contributed by atoms with E-state index < -0.39 is 5.41 Å². The van der Waals surface area contributed by atoms with E-state index in [1.54, 1.807) is 6.20 Å². The Labute approximate surface area is 156 Å². The van der Waals surface area contributed by atoms with E-state index in [0.29, 0.717) is 13.1 Å². The second kappa shape index (κ2) is 10.7. The van der Waals surface area contributed by atoms with Crippen LogP contribution < -0.4 is 16.0 Å². The highest BCUT2D eigenvalue weighted by Crippen LogP contribution is 2.26. The minimum Gasteiger partial charge on any atom is -0.354 e. The Morgan fingerprint density at radius 1 is 1.42 bits per heavy atom. The number of aromatic nitrogens is 2. The zero-order valence-corrected chi connectivity index (χ0v) is 16.0. The Balaban J connectivity index is 0.00000264. The van der Waals surface area contributed by atoms with E-state index in [1.165, 1.54) is 0 Å². The Morgan fingerprint density at radius 3 is 2.67 bits per heavy atom. The lowest BCUT2D eigenvalue weighted by Gasteiger charge is -2.31. The van der Waals surface area contributed by atoms with Crippen LogP contribution in [-0.2, 0) is 4.79 Å². The Kier molecular flexibility index (Phi) is 10.2. The van der Waals surface area contributed by atoms with Crippen LogP contribution in [0.2, 0.25) is 0 Å². The van der Waals surface area contributed by atoms with E-state index in [1.807, 2.05) is 26.0 Å². The predicted octanol–water partition coefficient (Wildman–Crippen LogP) is 2.17. The van der Waals surface area contributed by atoms with Crippen LogP contribution in [0.4, 0.5) is 5.82 Å². The van der Waals surface area contributed by atoms with Crippen molar-refractivity contribution in [2.24, 2.45) is 11.1 Å². The van der Waals surface area contributed by atoms with Crippen molar-refractivity contribution in [2.45, 2.75) is 45.6 Å². The van der Waals surface area contributed by atoms with Gasteiger partial charge in [-0.05, 0) is 37.8 Å². The van der Waals surface area contributed by atoms with Gasteiger partial charge < -0.3 is 16.0 Å². The molecule has 0 saturated carbocycles. The molecule has 1 aliphatic rings. The average molecular weight is 378 g/mol. The first-order valence-electron chi connectivity index (χ1n) is 8.19. The van der Waals surface area contributed by atoms with Gasteiger partial charge in [0.1, 0.15) is 0 Å². The maximum absolute atomic E-state index is 12.5. The summed E-state index contributed by atoms with van der Waals surface area (Å²) in [7, 11) is 0. The minimum atomic E-state index is -0.435. The zero-order valence-electron chi connectivity index (χ0n) is 14.4. The number of halogens is 2. The lowest BCUT2D eigenvalue weighted by Crippen LogP contribution is -2.49. The van der Waals surface area contributed by atoms with Crippen LogP contribution in [0.15, 0.2) is 18.3 Å². The summed E-state index contributed by atoms with van der Waals surface area (Å²) in [5.41, 5.74) is 5.41. The van der Waals surface area contributed by atoms with Crippen LogP contribution in [-0.4, -0.2) is 41.8 Å². The third kappa shape index (κ3) is 4.94. The SMILES string of the molecule is CCC(CC)(CN)C(=O)NCC1CCCN1c1cccnn1.Cl.Cl. The highest BCUT2D eigenvalue weighted by atomic mass is 35.5. The lowest BCUT2D eigenvalue weighted by molar-refractivity contribution is -0.131. The molecule has 0 bridgehead atoms. The minimum absolute atomic E-state index is 0. The van der Waals surface area contributed by atoms with Crippen molar-refractivity contribution in [2.75, 3.05) is 24.5 Å². The van der Waals surface area contributed by atoms with Crippen LogP contribution in [0, 0.1) is 5.41 Å². The molecule has 1 saturated heterocycles. The highest BCUT2D eigenvalue weighted by molar-refractivity contribution is 5.85. The predicted molar refractivity (Wildman–Crippen MR) is 102 cm³/mol. The molecule has 2 rings (SSSR count). The molecule has 1 aliphatic heterocycles. The molecule has 8 heteroatoms. The maximum atomic E-state index is 12.5. The number of amides is 1. The number of nitrogens with two attached hydrogens (primary N) is 1. The van der Waals surface area contributed by atoms with Crippen molar-refractivity contribution in [1.82, 2.24) is 15.5 Å². The first kappa shape index (κ1) is 22.9. The van der Waals surface area contributed by atoms with Gasteiger partial charge in [0.15, 0.2) is 5.82 Å². The van der Waals surface area contributed by atoms with Gasteiger partial charge in [0, 0.05) is 31.9 Å². The molecule has 1 aromatic rings. The van der Waals surface area contributed by atoms with Crippen molar-refractivity contribution < 1.29 is 4.79 Å². The summed E-state index contributed by atoms with van der Waals surface area (Å²) in [5, 5.41) is 11.2. The van der Waals surface area contributed by atoms with Crippen LogP contribution >= 0.6 is 24.8 Å². The fraction of sp³-hybridized carbons (Fsp3) is 0.688. The molecule has 1 atom stereocenters. The smallest absolute Gasteiger partial charge is 0.227 e. The summed E-state index contributed by atoms with van der Waals surface area (Å²) in [4.78, 5) is 14.8. The van der Waals surface area contributed by atoms with Gasteiger partial charge in [-0.25, -0.2) is 0 Å². The summed E-state index contributed by atoms with van der Waals surface area (Å²) < 4.78 is 0. The maximum Gasteiger partial charge on any atom is 0.227 e. The third-order valence-electron chi connectivity index (χ3n) is 4.95. The third-order valence-corrected chi connectivity index (χ3v) is 4.95. The van der Waals surface area contributed by atoms with E-state index in [9.17, 15) is 4.79 Å². The number of anilines is 1. The first-order chi connectivity index (χ1) is 10.7. The van der Waals surface area contributed by atoms with Crippen molar-refractivity contribution in [1.29, 1.82) is 0 Å².